The molecule has 36 heavy (non-hydrogen) atoms. The highest BCUT2D eigenvalue weighted by molar-refractivity contribution is 7.89. The van der Waals surface area contributed by atoms with Crippen LogP contribution < -0.4 is 10.6 Å². The lowest BCUT2D eigenvalue weighted by molar-refractivity contribution is -0.115. The van der Waals surface area contributed by atoms with Crippen molar-refractivity contribution < 1.29 is 18.0 Å². The van der Waals surface area contributed by atoms with Gasteiger partial charge in [0.1, 0.15) is 0 Å². The standard InChI is InChI=1S/C28H31N3O4S/c1-2-25-10-6-7-19-31(25)36(34,35)26-17-15-24(16-18-26)30-28(33)22-11-13-23(14-12-22)29-27(32)20-21-8-4-3-5-9-21/h3-5,8-9,11-18,25H,2,6-7,10,19-20H2,1H3,(H,29,32)(H,30,33). The van der Waals surface area contributed by atoms with Gasteiger partial charge < -0.3 is 10.6 Å². The molecule has 1 atom stereocenters. The van der Waals surface area contributed by atoms with Crippen LogP contribution >= 0.6 is 0 Å². The van der Waals surface area contributed by atoms with E-state index in [1.165, 1.54) is 12.1 Å². The van der Waals surface area contributed by atoms with Gasteiger partial charge in [0.25, 0.3) is 5.91 Å². The van der Waals surface area contributed by atoms with Crippen LogP contribution in [0.2, 0.25) is 0 Å². The molecule has 3 aromatic rings. The van der Waals surface area contributed by atoms with E-state index < -0.39 is 10.0 Å². The average molecular weight is 506 g/mol. The molecule has 1 aliphatic rings. The van der Waals surface area contributed by atoms with Crippen LogP contribution in [0.1, 0.15) is 48.5 Å². The Balaban J connectivity index is 1.35. The fourth-order valence-corrected chi connectivity index (χ4v) is 6.21. The molecule has 188 valence electrons. The number of rotatable bonds is 8. The number of carbonyl (C=O) groups is 2. The maximum atomic E-state index is 13.1. The summed E-state index contributed by atoms with van der Waals surface area (Å²) >= 11 is 0. The van der Waals surface area contributed by atoms with E-state index in [9.17, 15) is 18.0 Å². The largest absolute Gasteiger partial charge is 0.326 e. The molecule has 1 saturated heterocycles. The third-order valence-corrected chi connectivity index (χ3v) is 8.37. The first kappa shape index (κ1) is 25.6. The average Bonchev–Trinajstić information content (AvgIpc) is 2.90. The molecule has 0 spiro atoms. The second-order valence-corrected chi connectivity index (χ2v) is 10.8. The van der Waals surface area contributed by atoms with E-state index >= 15 is 0 Å². The molecule has 8 heteroatoms. The summed E-state index contributed by atoms with van der Waals surface area (Å²) in [7, 11) is -3.57. The fraction of sp³-hybridized carbons (Fsp3) is 0.286. The second-order valence-electron chi connectivity index (χ2n) is 8.94. The molecule has 1 unspecified atom stereocenters. The van der Waals surface area contributed by atoms with Crippen LogP contribution in [0.15, 0.2) is 83.8 Å². The van der Waals surface area contributed by atoms with Gasteiger partial charge in [0, 0.05) is 29.5 Å². The maximum absolute atomic E-state index is 13.1. The molecule has 1 fully saturated rings. The molecule has 0 radical (unpaired) electrons. The van der Waals surface area contributed by atoms with E-state index in [-0.39, 0.29) is 29.2 Å². The zero-order valence-electron chi connectivity index (χ0n) is 20.3. The van der Waals surface area contributed by atoms with Crippen LogP contribution in [0.4, 0.5) is 11.4 Å². The quantitative estimate of drug-likeness (QED) is 0.447. The van der Waals surface area contributed by atoms with Crippen molar-refractivity contribution in [3.05, 3.63) is 90.0 Å². The summed E-state index contributed by atoms with van der Waals surface area (Å²) in [5.41, 5.74) is 2.45. The summed E-state index contributed by atoms with van der Waals surface area (Å²) in [6.07, 6.45) is 3.88. The fourth-order valence-electron chi connectivity index (χ4n) is 4.44. The molecule has 2 amide bonds. The molecule has 1 heterocycles. The number of hydrogen-bond acceptors (Lipinski definition) is 4. The Kier molecular flexibility index (Phi) is 8.18. The van der Waals surface area contributed by atoms with E-state index in [1.807, 2.05) is 37.3 Å². The van der Waals surface area contributed by atoms with Gasteiger partial charge in [-0.25, -0.2) is 8.42 Å². The minimum atomic E-state index is -3.57. The molecule has 3 aromatic carbocycles. The summed E-state index contributed by atoms with van der Waals surface area (Å²) in [5, 5.41) is 5.62. The number of hydrogen-bond donors (Lipinski definition) is 2. The van der Waals surface area contributed by atoms with E-state index in [0.29, 0.717) is 23.5 Å². The highest BCUT2D eigenvalue weighted by atomic mass is 32.2. The molecular formula is C28H31N3O4S. The zero-order valence-corrected chi connectivity index (χ0v) is 21.1. The Hall–Kier alpha value is -3.49. The third kappa shape index (κ3) is 6.19. The van der Waals surface area contributed by atoms with Crippen LogP contribution in [0.5, 0.6) is 0 Å². The molecular weight excluding hydrogens is 474 g/mol. The van der Waals surface area contributed by atoms with Crippen molar-refractivity contribution in [1.82, 2.24) is 4.31 Å². The van der Waals surface area contributed by atoms with Crippen molar-refractivity contribution in [3.8, 4) is 0 Å². The van der Waals surface area contributed by atoms with Crippen LogP contribution in [-0.4, -0.2) is 37.1 Å². The minimum absolute atomic E-state index is 0.0363. The lowest BCUT2D eigenvalue weighted by atomic mass is 10.0. The van der Waals surface area contributed by atoms with E-state index in [1.54, 1.807) is 40.7 Å². The Labute approximate surface area is 212 Å². The lowest BCUT2D eigenvalue weighted by Gasteiger charge is -2.34. The van der Waals surface area contributed by atoms with Gasteiger partial charge in [-0.3, -0.25) is 9.59 Å². The van der Waals surface area contributed by atoms with E-state index in [4.69, 9.17) is 0 Å². The SMILES string of the molecule is CCC1CCCCN1S(=O)(=O)c1ccc(NC(=O)c2ccc(NC(=O)Cc3ccccc3)cc2)cc1. The predicted octanol–water partition coefficient (Wildman–Crippen LogP) is 5.07. The summed E-state index contributed by atoms with van der Waals surface area (Å²) in [6, 6.07) is 22.4. The van der Waals surface area contributed by atoms with Crippen LogP contribution in [-0.2, 0) is 21.2 Å². The lowest BCUT2D eigenvalue weighted by Crippen LogP contribution is -2.43. The number of benzene rings is 3. The molecule has 0 aromatic heterocycles. The first-order chi connectivity index (χ1) is 17.4. The third-order valence-electron chi connectivity index (χ3n) is 6.40. The highest BCUT2D eigenvalue weighted by Gasteiger charge is 2.32. The molecule has 0 aliphatic carbocycles. The molecule has 1 aliphatic heterocycles. The van der Waals surface area contributed by atoms with Gasteiger partial charge in [0.05, 0.1) is 11.3 Å². The molecule has 0 bridgehead atoms. The van der Waals surface area contributed by atoms with Gasteiger partial charge in [-0.2, -0.15) is 4.31 Å². The van der Waals surface area contributed by atoms with Crippen molar-refractivity contribution in [1.29, 1.82) is 0 Å². The van der Waals surface area contributed by atoms with Gasteiger partial charge in [-0.05, 0) is 73.4 Å². The van der Waals surface area contributed by atoms with Crippen molar-refractivity contribution in [3.63, 3.8) is 0 Å². The normalized spacial score (nSPS) is 16.3. The Morgan fingerprint density at radius 1 is 0.861 bits per heavy atom. The summed E-state index contributed by atoms with van der Waals surface area (Å²) in [6.45, 7) is 2.56. The van der Waals surface area contributed by atoms with Gasteiger partial charge in [0.2, 0.25) is 15.9 Å². The molecule has 7 nitrogen and oxygen atoms in total. The number of piperidine rings is 1. The second kappa shape index (κ2) is 11.5. The van der Waals surface area contributed by atoms with Crippen molar-refractivity contribution in [2.75, 3.05) is 17.2 Å². The van der Waals surface area contributed by atoms with Gasteiger partial charge >= 0.3 is 0 Å². The maximum Gasteiger partial charge on any atom is 0.255 e. The van der Waals surface area contributed by atoms with Gasteiger partial charge in [-0.1, -0.05) is 43.7 Å². The molecule has 4 rings (SSSR count). The number of sulfonamides is 1. The topological polar surface area (TPSA) is 95.6 Å². The first-order valence-electron chi connectivity index (χ1n) is 12.2. The van der Waals surface area contributed by atoms with Gasteiger partial charge in [-0.15, -0.1) is 0 Å². The van der Waals surface area contributed by atoms with Crippen molar-refractivity contribution in [2.24, 2.45) is 0 Å². The van der Waals surface area contributed by atoms with Gasteiger partial charge in [0.15, 0.2) is 0 Å². The monoisotopic (exact) mass is 505 g/mol. The Bertz CT molecular complexity index is 1290. The summed E-state index contributed by atoms with van der Waals surface area (Å²) in [5.74, 6) is -0.460. The van der Waals surface area contributed by atoms with Crippen molar-refractivity contribution in [2.45, 2.75) is 50.0 Å². The summed E-state index contributed by atoms with van der Waals surface area (Å²) < 4.78 is 27.9. The minimum Gasteiger partial charge on any atom is -0.326 e. The number of nitrogens with zero attached hydrogens (tertiary/aromatic N) is 1. The number of carbonyl (C=O) groups excluding carboxylic acids is 2. The number of anilines is 2. The Morgan fingerprint density at radius 3 is 2.17 bits per heavy atom. The van der Waals surface area contributed by atoms with Crippen LogP contribution in [0, 0.1) is 0 Å². The predicted molar refractivity (Wildman–Crippen MR) is 141 cm³/mol. The number of amides is 2. The zero-order chi connectivity index (χ0) is 25.5. The van der Waals surface area contributed by atoms with Crippen LogP contribution in [0.3, 0.4) is 0 Å². The molecule has 0 saturated carbocycles. The van der Waals surface area contributed by atoms with E-state index in [0.717, 1.165) is 31.2 Å². The van der Waals surface area contributed by atoms with Crippen molar-refractivity contribution >= 4 is 33.2 Å². The van der Waals surface area contributed by atoms with E-state index in [2.05, 4.69) is 10.6 Å². The summed E-state index contributed by atoms with van der Waals surface area (Å²) in [4.78, 5) is 25.1. The Morgan fingerprint density at radius 2 is 1.50 bits per heavy atom. The highest BCUT2D eigenvalue weighted by Crippen LogP contribution is 2.27. The number of nitrogens with one attached hydrogen (secondary N) is 2. The molecule has 2 N–H and O–H groups in total. The first-order valence-corrected chi connectivity index (χ1v) is 13.7. The smallest absolute Gasteiger partial charge is 0.255 e. The van der Waals surface area contributed by atoms with Crippen LogP contribution in [0.25, 0.3) is 0 Å².